The molecule has 0 unspecified atom stereocenters. The SMILES string of the molecule is CC(C)(C)OCCOCc1cccnc1C(N)=S. The Morgan fingerprint density at radius 2 is 2.11 bits per heavy atom. The molecule has 1 aromatic rings. The van der Waals surface area contributed by atoms with Crippen LogP contribution in [0.4, 0.5) is 0 Å². The Morgan fingerprint density at radius 1 is 1.39 bits per heavy atom. The highest BCUT2D eigenvalue weighted by molar-refractivity contribution is 7.80. The number of aromatic nitrogens is 1. The molecule has 1 heterocycles. The summed E-state index contributed by atoms with van der Waals surface area (Å²) in [5.41, 5.74) is 6.99. The maximum absolute atomic E-state index is 5.59. The molecule has 5 heteroatoms. The number of rotatable bonds is 6. The van der Waals surface area contributed by atoms with Crippen molar-refractivity contribution in [3.8, 4) is 0 Å². The van der Waals surface area contributed by atoms with Crippen LogP contribution in [0.15, 0.2) is 18.3 Å². The topological polar surface area (TPSA) is 57.4 Å². The second-order valence-electron chi connectivity index (χ2n) is 4.89. The number of nitrogens with zero attached hydrogens (tertiary/aromatic N) is 1. The Kier molecular flexibility index (Phi) is 5.65. The molecule has 4 nitrogen and oxygen atoms in total. The normalized spacial score (nSPS) is 11.5. The second kappa shape index (κ2) is 6.78. The summed E-state index contributed by atoms with van der Waals surface area (Å²) in [6.45, 7) is 7.57. The predicted octanol–water partition coefficient (Wildman–Crippen LogP) is 2.05. The summed E-state index contributed by atoms with van der Waals surface area (Å²) in [7, 11) is 0. The smallest absolute Gasteiger partial charge is 0.123 e. The molecule has 0 aliphatic carbocycles. The molecule has 2 N–H and O–H groups in total. The maximum Gasteiger partial charge on any atom is 0.123 e. The number of thiocarbonyl (C=S) groups is 1. The molecule has 0 amide bonds. The lowest BCUT2D eigenvalue weighted by atomic mass is 10.2. The van der Waals surface area contributed by atoms with E-state index < -0.39 is 0 Å². The van der Waals surface area contributed by atoms with Crippen LogP contribution >= 0.6 is 12.2 Å². The van der Waals surface area contributed by atoms with E-state index in [0.717, 1.165) is 5.56 Å². The first-order valence-corrected chi connectivity index (χ1v) is 6.26. The molecule has 0 radical (unpaired) electrons. The standard InChI is InChI=1S/C13H20N2O2S/c1-13(2,3)17-8-7-16-9-10-5-4-6-15-11(10)12(14)18/h4-6H,7-9H2,1-3H3,(H2,14,18). The molecular weight excluding hydrogens is 248 g/mol. The van der Waals surface area contributed by atoms with Crippen molar-refractivity contribution in [2.24, 2.45) is 5.73 Å². The van der Waals surface area contributed by atoms with E-state index >= 15 is 0 Å². The van der Waals surface area contributed by atoms with Crippen LogP contribution in [-0.4, -0.2) is 28.8 Å². The first kappa shape index (κ1) is 15.0. The number of hydrogen-bond acceptors (Lipinski definition) is 4. The van der Waals surface area contributed by atoms with Crippen LogP contribution in [0.25, 0.3) is 0 Å². The third kappa shape index (κ3) is 5.53. The van der Waals surface area contributed by atoms with Gasteiger partial charge in [0, 0.05) is 11.8 Å². The first-order valence-electron chi connectivity index (χ1n) is 5.85. The van der Waals surface area contributed by atoms with Crippen molar-refractivity contribution in [3.63, 3.8) is 0 Å². The van der Waals surface area contributed by atoms with Crippen LogP contribution in [0.2, 0.25) is 0 Å². The van der Waals surface area contributed by atoms with Gasteiger partial charge in [-0.05, 0) is 26.8 Å². The van der Waals surface area contributed by atoms with E-state index in [1.165, 1.54) is 0 Å². The Morgan fingerprint density at radius 3 is 2.72 bits per heavy atom. The van der Waals surface area contributed by atoms with Crippen molar-refractivity contribution >= 4 is 17.2 Å². The van der Waals surface area contributed by atoms with Gasteiger partial charge in [-0.25, -0.2) is 0 Å². The van der Waals surface area contributed by atoms with Crippen molar-refractivity contribution in [3.05, 3.63) is 29.6 Å². The minimum atomic E-state index is -0.137. The lowest BCUT2D eigenvalue weighted by molar-refractivity contribution is -0.0377. The number of nitrogens with two attached hydrogens (primary N) is 1. The Bertz CT molecular complexity index is 402. The zero-order valence-corrected chi connectivity index (χ0v) is 11.9. The summed E-state index contributed by atoms with van der Waals surface area (Å²) in [6.07, 6.45) is 1.67. The van der Waals surface area contributed by atoms with Crippen molar-refractivity contribution in [2.75, 3.05) is 13.2 Å². The number of hydrogen-bond donors (Lipinski definition) is 1. The summed E-state index contributed by atoms with van der Waals surface area (Å²) in [6, 6.07) is 3.75. The summed E-state index contributed by atoms with van der Waals surface area (Å²) in [4.78, 5) is 4.43. The van der Waals surface area contributed by atoms with Crippen molar-refractivity contribution < 1.29 is 9.47 Å². The van der Waals surface area contributed by atoms with E-state index in [-0.39, 0.29) is 5.60 Å². The van der Waals surface area contributed by atoms with E-state index in [1.54, 1.807) is 6.20 Å². The van der Waals surface area contributed by atoms with Crippen LogP contribution in [0.1, 0.15) is 32.0 Å². The largest absolute Gasteiger partial charge is 0.388 e. The molecule has 0 bridgehead atoms. The maximum atomic E-state index is 5.59. The van der Waals surface area contributed by atoms with E-state index in [0.29, 0.717) is 30.5 Å². The molecule has 0 saturated heterocycles. The number of pyridine rings is 1. The molecule has 0 saturated carbocycles. The third-order valence-electron chi connectivity index (χ3n) is 2.14. The summed E-state index contributed by atoms with van der Waals surface area (Å²) < 4.78 is 11.1. The Labute approximate surface area is 113 Å². The molecule has 100 valence electrons. The van der Waals surface area contributed by atoms with E-state index in [9.17, 15) is 0 Å². The van der Waals surface area contributed by atoms with Gasteiger partial charge in [0.1, 0.15) is 10.7 Å². The van der Waals surface area contributed by atoms with Crippen molar-refractivity contribution in [1.29, 1.82) is 0 Å². The van der Waals surface area contributed by atoms with E-state index in [2.05, 4.69) is 4.98 Å². The zero-order valence-electron chi connectivity index (χ0n) is 11.1. The fourth-order valence-electron chi connectivity index (χ4n) is 1.37. The third-order valence-corrected chi connectivity index (χ3v) is 2.34. The quantitative estimate of drug-likeness (QED) is 0.632. The van der Waals surface area contributed by atoms with Gasteiger partial charge in [0.05, 0.1) is 25.4 Å². The highest BCUT2D eigenvalue weighted by Crippen LogP contribution is 2.08. The summed E-state index contributed by atoms with van der Waals surface area (Å²) in [5, 5.41) is 0. The van der Waals surface area contributed by atoms with Crippen LogP contribution in [0, 0.1) is 0 Å². The average molecular weight is 268 g/mol. The average Bonchev–Trinajstić information content (AvgIpc) is 2.27. The molecule has 0 spiro atoms. The minimum Gasteiger partial charge on any atom is -0.388 e. The molecule has 1 rings (SSSR count). The lowest BCUT2D eigenvalue weighted by Crippen LogP contribution is -2.22. The van der Waals surface area contributed by atoms with Crippen LogP contribution in [-0.2, 0) is 16.1 Å². The minimum absolute atomic E-state index is 0.137. The van der Waals surface area contributed by atoms with Gasteiger partial charge in [-0.1, -0.05) is 18.3 Å². The second-order valence-corrected chi connectivity index (χ2v) is 5.33. The number of ether oxygens (including phenoxy) is 2. The molecule has 1 aromatic heterocycles. The Hall–Kier alpha value is -1.04. The fourth-order valence-corrected chi connectivity index (χ4v) is 1.55. The van der Waals surface area contributed by atoms with Crippen molar-refractivity contribution in [2.45, 2.75) is 33.0 Å². The highest BCUT2D eigenvalue weighted by Gasteiger charge is 2.09. The molecular formula is C13H20N2O2S. The van der Waals surface area contributed by atoms with E-state index in [1.807, 2.05) is 32.9 Å². The molecule has 18 heavy (non-hydrogen) atoms. The Balaban J connectivity index is 2.38. The van der Waals surface area contributed by atoms with Gasteiger partial charge in [-0.3, -0.25) is 4.98 Å². The van der Waals surface area contributed by atoms with Gasteiger partial charge >= 0.3 is 0 Å². The summed E-state index contributed by atoms with van der Waals surface area (Å²) >= 11 is 4.94. The molecule has 0 aliphatic heterocycles. The first-order chi connectivity index (χ1) is 8.40. The lowest BCUT2D eigenvalue weighted by Gasteiger charge is -2.19. The van der Waals surface area contributed by atoms with Crippen LogP contribution in [0.5, 0.6) is 0 Å². The molecule has 0 aromatic carbocycles. The fraction of sp³-hybridized carbons (Fsp3) is 0.538. The predicted molar refractivity (Wildman–Crippen MR) is 75.5 cm³/mol. The van der Waals surface area contributed by atoms with E-state index in [4.69, 9.17) is 27.4 Å². The summed E-state index contributed by atoms with van der Waals surface area (Å²) in [5.74, 6) is 0. The van der Waals surface area contributed by atoms with Gasteiger partial charge in [-0.2, -0.15) is 0 Å². The van der Waals surface area contributed by atoms with Crippen LogP contribution in [0.3, 0.4) is 0 Å². The van der Waals surface area contributed by atoms with Gasteiger partial charge in [-0.15, -0.1) is 0 Å². The highest BCUT2D eigenvalue weighted by atomic mass is 32.1. The zero-order chi connectivity index (χ0) is 13.6. The van der Waals surface area contributed by atoms with Gasteiger partial charge < -0.3 is 15.2 Å². The monoisotopic (exact) mass is 268 g/mol. The molecule has 0 atom stereocenters. The van der Waals surface area contributed by atoms with Crippen molar-refractivity contribution in [1.82, 2.24) is 4.98 Å². The van der Waals surface area contributed by atoms with Gasteiger partial charge in [0.15, 0.2) is 0 Å². The molecule has 0 fully saturated rings. The van der Waals surface area contributed by atoms with Gasteiger partial charge in [0.25, 0.3) is 0 Å². The molecule has 0 aliphatic rings. The van der Waals surface area contributed by atoms with Crippen LogP contribution < -0.4 is 5.73 Å². The van der Waals surface area contributed by atoms with Gasteiger partial charge in [0.2, 0.25) is 0 Å².